The Labute approximate surface area is 292 Å². The number of nitrogens with one attached hydrogen (secondary N) is 1. The third kappa shape index (κ3) is 4.06. The summed E-state index contributed by atoms with van der Waals surface area (Å²) in [4.78, 5) is 14.8. The minimum atomic E-state index is -0.828. The van der Waals surface area contributed by atoms with Gasteiger partial charge in [-0.05, 0) is 113 Å². The highest BCUT2D eigenvalue weighted by Crippen LogP contribution is 2.71. The van der Waals surface area contributed by atoms with Crippen LogP contribution >= 0.6 is 0 Å². The highest BCUT2D eigenvalue weighted by molar-refractivity contribution is 6.18. The molecule has 3 heterocycles. The summed E-state index contributed by atoms with van der Waals surface area (Å²) in [6.45, 7) is 27.3. The van der Waals surface area contributed by atoms with Gasteiger partial charge in [-0.25, -0.2) is 0 Å². The van der Waals surface area contributed by atoms with Crippen LogP contribution in [0.5, 0.6) is 0 Å². The maximum Gasteiger partial charge on any atom is 0.192 e. The molecule has 6 nitrogen and oxygen atoms in total. The fraction of sp³-hybridized carbons (Fsp3) is 0.605. The second kappa shape index (κ2) is 10.4. The quantitative estimate of drug-likeness (QED) is 0.216. The first-order valence-corrected chi connectivity index (χ1v) is 18.7. The zero-order valence-corrected chi connectivity index (χ0v) is 30.9. The number of ether oxygens (including phenoxy) is 1. The number of carbonyl (C=O) groups excluding carboxylic acids is 1. The Kier molecular flexibility index (Phi) is 7.09. The lowest BCUT2D eigenvalue weighted by molar-refractivity contribution is -0.145. The summed E-state index contributed by atoms with van der Waals surface area (Å²) in [7, 11) is 0. The topological polar surface area (TPSA) is 83.7 Å². The molecule has 2 fully saturated rings. The van der Waals surface area contributed by atoms with Gasteiger partial charge in [-0.2, -0.15) is 0 Å². The number of aromatic nitrogens is 1. The van der Waals surface area contributed by atoms with E-state index in [0.29, 0.717) is 11.5 Å². The van der Waals surface area contributed by atoms with Gasteiger partial charge in [0, 0.05) is 46.5 Å². The van der Waals surface area contributed by atoms with Gasteiger partial charge in [0.1, 0.15) is 6.04 Å². The van der Waals surface area contributed by atoms with E-state index < -0.39 is 29.5 Å². The van der Waals surface area contributed by atoms with Gasteiger partial charge in [0.25, 0.3) is 0 Å². The molecule has 8 rings (SSSR count). The molecule has 1 aromatic heterocycles. The van der Waals surface area contributed by atoms with Crippen molar-refractivity contribution in [3.05, 3.63) is 77.0 Å². The predicted molar refractivity (Wildman–Crippen MR) is 197 cm³/mol. The summed E-state index contributed by atoms with van der Waals surface area (Å²) in [6, 6.07) is 1.84. The van der Waals surface area contributed by atoms with Crippen LogP contribution in [0.2, 0.25) is 0 Å². The Morgan fingerprint density at radius 1 is 1.10 bits per heavy atom. The highest BCUT2D eigenvalue weighted by Gasteiger charge is 2.67. The average Bonchev–Trinajstić information content (AvgIpc) is 3.68. The van der Waals surface area contributed by atoms with E-state index in [0.717, 1.165) is 73.0 Å². The largest absolute Gasteiger partial charge is 0.392 e. The van der Waals surface area contributed by atoms with Crippen molar-refractivity contribution < 1.29 is 19.7 Å². The maximum atomic E-state index is 14.8. The van der Waals surface area contributed by atoms with Crippen LogP contribution in [0.3, 0.4) is 0 Å². The molecule has 2 unspecified atom stereocenters. The summed E-state index contributed by atoms with van der Waals surface area (Å²) in [6.07, 6.45) is 12.2. The third-order valence-corrected chi connectivity index (χ3v) is 14.6. The molecule has 9 atom stereocenters. The number of fused-ring (bicyclic) bond motifs is 11. The molecule has 0 radical (unpaired) electrons. The van der Waals surface area contributed by atoms with Crippen molar-refractivity contribution in [2.24, 2.45) is 28.6 Å². The maximum absolute atomic E-state index is 14.8. The number of aliphatic hydroxyl groups excluding tert-OH is 2. The lowest BCUT2D eigenvalue weighted by Crippen LogP contribution is -2.62. The van der Waals surface area contributed by atoms with E-state index in [9.17, 15) is 15.0 Å². The summed E-state index contributed by atoms with van der Waals surface area (Å²) in [5.74, 6) is 0.539. The van der Waals surface area contributed by atoms with Crippen LogP contribution in [0.25, 0.3) is 16.5 Å². The molecule has 4 aliphatic carbocycles. The first-order valence-electron chi connectivity index (χ1n) is 18.7. The standard InChI is InChI=1S/C43H56N2O4/c1-11-18-44-19-12-16-41(8)29-14-13-24-20-27-26-21-25-28-22-39(4,5)49-40(6,7)33(28)36(47)31(25)32-35(26)45(34(23(2)3)37(32)48)38(27)43(24,10)42(29,9)17-15-30(41)46/h11-12,16,21-22,24,29-30,33-34,36,44,46-47H,1-2,13-15,17-20H2,3-10H3/b16-12+/t24?,29-,30-,33?,34-,36+,41-,42-,43+/m0/s1. The van der Waals surface area contributed by atoms with Gasteiger partial charge in [-0.15, -0.1) is 6.58 Å². The normalized spacial score (nSPS) is 39.4. The van der Waals surface area contributed by atoms with E-state index in [-0.39, 0.29) is 33.9 Å². The van der Waals surface area contributed by atoms with Crippen LogP contribution in [0.4, 0.5) is 0 Å². The minimum Gasteiger partial charge on any atom is -0.392 e. The third-order valence-electron chi connectivity index (χ3n) is 14.6. The molecule has 49 heavy (non-hydrogen) atoms. The summed E-state index contributed by atoms with van der Waals surface area (Å²) in [5, 5.41) is 28.4. The van der Waals surface area contributed by atoms with Gasteiger partial charge in [0.15, 0.2) is 5.78 Å². The summed E-state index contributed by atoms with van der Waals surface area (Å²) in [5.41, 5.74) is 6.37. The molecule has 2 aliphatic heterocycles. The van der Waals surface area contributed by atoms with E-state index in [1.165, 1.54) is 16.6 Å². The number of hydrogen-bond acceptors (Lipinski definition) is 5. The smallest absolute Gasteiger partial charge is 0.192 e. The van der Waals surface area contributed by atoms with Crippen LogP contribution in [-0.2, 0) is 16.6 Å². The number of aliphatic hydroxyl groups is 2. The zero-order valence-electron chi connectivity index (χ0n) is 30.9. The van der Waals surface area contributed by atoms with Gasteiger partial charge in [0.2, 0.25) is 0 Å². The molecule has 0 bridgehead atoms. The monoisotopic (exact) mass is 664 g/mol. The van der Waals surface area contributed by atoms with E-state index in [4.69, 9.17) is 4.74 Å². The van der Waals surface area contributed by atoms with Crippen molar-refractivity contribution in [3.8, 4) is 0 Å². The van der Waals surface area contributed by atoms with Gasteiger partial charge < -0.3 is 24.8 Å². The van der Waals surface area contributed by atoms with Crippen molar-refractivity contribution >= 4 is 22.3 Å². The second-order valence-corrected chi connectivity index (χ2v) is 18.2. The van der Waals surface area contributed by atoms with Crippen molar-refractivity contribution in [2.75, 3.05) is 13.1 Å². The summed E-state index contributed by atoms with van der Waals surface area (Å²) >= 11 is 0. The highest BCUT2D eigenvalue weighted by atomic mass is 16.5. The fourth-order valence-electron chi connectivity index (χ4n) is 12.7. The molecular formula is C43H56N2O4. The first kappa shape index (κ1) is 33.4. The van der Waals surface area contributed by atoms with Crippen LogP contribution in [0.15, 0.2) is 49.1 Å². The number of allylic oxidation sites excluding steroid dienone is 1. The van der Waals surface area contributed by atoms with E-state index in [1.54, 1.807) is 0 Å². The molecule has 3 N–H and O–H groups in total. The molecule has 262 valence electrons. The first-order chi connectivity index (χ1) is 22.9. The Morgan fingerprint density at radius 2 is 1.84 bits per heavy atom. The van der Waals surface area contributed by atoms with E-state index >= 15 is 0 Å². The zero-order chi connectivity index (χ0) is 35.2. The lowest BCUT2D eigenvalue weighted by Gasteiger charge is -2.64. The average molecular weight is 665 g/mol. The Morgan fingerprint density at radius 3 is 2.53 bits per heavy atom. The number of carbonyl (C=O) groups is 1. The molecule has 0 amide bonds. The van der Waals surface area contributed by atoms with Crippen LogP contribution in [0, 0.1) is 28.6 Å². The molecule has 0 saturated heterocycles. The van der Waals surface area contributed by atoms with Crippen LogP contribution in [0.1, 0.15) is 126 Å². The second-order valence-electron chi connectivity index (χ2n) is 18.2. The molecule has 6 aliphatic rings. The SMILES string of the molecule is C=CCNC/C=C/[C@]1(C)[C@@H](O)CC[C@@]2(C)[C@H]1CCC1Cc3c(n4c5c(c6c(cc35)C3=CC(C)(C)OC(C)(C)C3[C@@H]6O)C(=O)[C@@H]4C(=C)C)[C@@]12C. The summed E-state index contributed by atoms with van der Waals surface area (Å²) < 4.78 is 8.93. The van der Waals surface area contributed by atoms with E-state index in [1.807, 2.05) is 13.0 Å². The Hall–Kier alpha value is -2.77. The number of ketones is 1. The minimum absolute atomic E-state index is 0.0619. The molecule has 0 spiro atoms. The number of nitrogens with zero attached hydrogens (tertiary/aromatic N) is 1. The number of rotatable bonds is 6. The molecule has 2 aromatic rings. The Balaban J connectivity index is 1.35. The van der Waals surface area contributed by atoms with Crippen molar-refractivity contribution in [1.82, 2.24) is 9.88 Å². The molecule has 1 aromatic carbocycles. The van der Waals surface area contributed by atoms with Crippen molar-refractivity contribution in [3.63, 3.8) is 0 Å². The number of benzene rings is 1. The van der Waals surface area contributed by atoms with Gasteiger partial charge in [0.05, 0.1) is 34.5 Å². The fourth-order valence-corrected chi connectivity index (χ4v) is 12.7. The number of hydrogen-bond donors (Lipinski definition) is 3. The van der Waals surface area contributed by atoms with Crippen LogP contribution in [-0.4, -0.2) is 51.0 Å². The molecular weight excluding hydrogens is 608 g/mol. The van der Waals surface area contributed by atoms with Gasteiger partial charge >= 0.3 is 0 Å². The van der Waals surface area contributed by atoms with Gasteiger partial charge in [-0.1, -0.05) is 51.2 Å². The van der Waals surface area contributed by atoms with E-state index in [2.05, 4.69) is 95.8 Å². The number of Topliss-reactive ketones (excluding diaryl/α,β-unsaturated/α-hetero) is 1. The molecule has 6 heteroatoms. The lowest BCUT2D eigenvalue weighted by atomic mass is 9.40. The van der Waals surface area contributed by atoms with Crippen molar-refractivity contribution in [1.29, 1.82) is 0 Å². The Bertz CT molecular complexity index is 1890. The van der Waals surface area contributed by atoms with Crippen molar-refractivity contribution in [2.45, 2.75) is 122 Å². The molecule has 2 saturated carbocycles. The predicted octanol–water partition coefficient (Wildman–Crippen LogP) is 7.93. The van der Waals surface area contributed by atoms with Gasteiger partial charge in [-0.3, -0.25) is 4.79 Å². The van der Waals surface area contributed by atoms with Crippen LogP contribution < -0.4 is 5.32 Å².